The summed E-state index contributed by atoms with van der Waals surface area (Å²) in [7, 11) is 0. The number of benzene rings is 1. The summed E-state index contributed by atoms with van der Waals surface area (Å²) in [5.41, 5.74) is -0.594. The lowest BCUT2D eigenvalue weighted by Crippen LogP contribution is -2.33. The Kier molecular flexibility index (Phi) is 3.12. The van der Waals surface area contributed by atoms with Gasteiger partial charge in [0.25, 0.3) is 0 Å². The standard InChI is InChI=1S/C11H13BF3O/c13-12(14,15)10-2-1-3-11(8-10)16-7-6-9-4-5-9/h1-3,8-9H,4-7H2/q-1. The Bertz CT molecular complexity index is 360. The summed E-state index contributed by atoms with van der Waals surface area (Å²) >= 11 is 0. The van der Waals surface area contributed by atoms with Gasteiger partial charge in [-0.15, -0.1) is 5.46 Å². The van der Waals surface area contributed by atoms with Crippen molar-refractivity contribution >= 4 is 12.4 Å². The van der Waals surface area contributed by atoms with Crippen molar-refractivity contribution in [1.29, 1.82) is 0 Å². The zero-order valence-electron chi connectivity index (χ0n) is 8.83. The number of hydrogen-bond acceptors (Lipinski definition) is 1. The molecule has 0 bridgehead atoms. The zero-order chi connectivity index (χ0) is 11.6. The third-order valence-electron chi connectivity index (χ3n) is 2.73. The molecule has 88 valence electrons. The Morgan fingerprint density at radius 1 is 1.25 bits per heavy atom. The van der Waals surface area contributed by atoms with Crippen LogP contribution in [0.15, 0.2) is 24.3 Å². The molecule has 1 aromatic rings. The smallest absolute Gasteiger partial charge is 0.494 e. The minimum Gasteiger partial charge on any atom is -0.494 e. The molecular weight excluding hydrogens is 216 g/mol. The van der Waals surface area contributed by atoms with Crippen molar-refractivity contribution in [2.24, 2.45) is 5.92 Å². The maximum Gasteiger partial charge on any atom is 0.509 e. The second-order valence-corrected chi connectivity index (χ2v) is 4.23. The van der Waals surface area contributed by atoms with Crippen molar-refractivity contribution in [2.75, 3.05) is 6.61 Å². The van der Waals surface area contributed by atoms with Crippen LogP contribution in [0.4, 0.5) is 12.9 Å². The molecule has 0 spiro atoms. The van der Waals surface area contributed by atoms with Crippen LogP contribution < -0.4 is 10.2 Å². The first-order valence-electron chi connectivity index (χ1n) is 5.48. The van der Waals surface area contributed by atoms with Crippen LogP contribution in [0.1, 0.15) is 19.3 Å². The van der Waals surface area contributed by atoms with Gasteiger partial charge in [-0.2, -0.15) is 0 Å². The van der Waals surface area contributed by atoms with Crippen molar-refractivity contribution in [2.45, 2.75) is 19.3 Å². The Balaban J connectivity index is 1.92. The second kappa shape index (κ2) is 4.40. The summed E-state index contributed by atoms with van der Waals surface area (Å²) < 4.78 is 42.6. The van der Waals surface area contributed by atoms with Crippen LogP contribution in [-0.2, 0) is 0 Å². The van der Waals surface area contributed by atoms with Crippen molar-refractivity contribution < 1.29 is 17.7 Å². The third-order valence-corrected chi connectivity index (χ3v) is 2.73. The molecule has 1 nitrogen and oxygen atoms in total. The van der Waals surface area contributed by atoms with Crippen molar-refractivity contribution in [3.63, 3.8) is 0 Å². The predicted molar refractivity (Wildman–Crippen MR) is 58.0 cm³/mol. The van der Waals surface area contributed by atoms with E-state index in [-0.39, 0.29) is 0 Å². The average Bonchev–Trinajstić information content (AvgIpc) is 3.01. The van der Waals surface area contributed by atoms with Crippen LogP contribution in [0, 0.1) is 5.92 Å². The highest BCUT2D eigenvalue weighted by Gasteiger charge is 2.25. The van der Waals surface area contributed by atoms with E-state index in [1.165, 1.54) is 18.9 Å². The lowest BCUT2D eigenvalue weighted by Gasteiger charge is -2.16. The summed E-state index contributed by atoms with van der Waals surface area (Å²) in [6.45, 7) is -4.41. The molecule has 2 rings (SSSR count). The van der Waals surface area contributed by atoms with E-state index in [0.29, 0.717) is 12.4 Å². The SMILES string of the molecule is F[B-](F)(F)c1cccc(OCCC2CC2)c1. The third kappa shape index (κ3) is 3.19. The van der Waals surface area contributed by atoms with Crippen LogP contribution >= 0.6 is 0 Å². The highest BCUT2D eigenvalue weighted by atomic mass is 19.4. The highest BCUT2D eigenvalue weighted by Crippen LogP contribution is 2.32. The highest BCUT2D eigenvalue weighted by molar-refractivity contribution is 6.73. The van der Waals surface area contributed by atoms with Crippen molar-refractivity contribution in [3.8, 4) is 5.75 Å². The molecule has 0 amide bonds. The van der Waals surface area contributed by atoms with Gasteiger partial charge in [-0.25, -0.2) is 0 Å². The van der Waals surface area contributed by atoms with Gasteiger partial charge in [0, 0.05) is 0 Å². The second-order valence-electron chi connectivity index (χ2n) is 4.23. The number of hydrogen-bond donors (Lipinski definition) is 0. The molecule has 1 aromatic carbocycles. The number of rotatable bonds is 5. The maximum atomic E-state index is 12.4. The van der Waals surface area contributed by atoms with Gasteiger partial charge in [0.05, 0.1) is 6.61 Å². The predicted octanol–water partition coefficient (Wildman–Crippen LogP) is 2.92. The molecule has 1 aliphatic carbocycles. The van der Waals surface area contributed by atoms with Crippen molar-refractivity contribution in [1.82, 2.24) is 0 Å². The minimum absolute atomic E-state index is 0.317. The van der Waals surface area contributed by atoms with Crippen LogP contribution in [-0.4, -0.2) is 13.6 Å². The number of ether oxygens (including phenoxy) is 1. The molecule has 0 N–H and O–H groups in total. The normalized spacial score (nSPS) is 16.2. The molecule has 5 heteroatoms. The van der Waals surface area contributed by atoms with Crippen LogP contribution in [0.25, 0.3) is 0 Å². The van der Waals surface area contributed by atoms with E-state index in [1.807, 2.05) is 0 Å². The fourth-order valence-corrected chi connectivity index (χ4v) is 1.56. The lowest BCUT2D eigenvalue weighted by atomic mass is 9.80. The molecule has 0 unspecified atom stereocenters. The summed E-state index contributed by atoms with van der Waals surface area (Å²) in [4.78, 5) is 0. The summed E-state index contributed by atoms with van der Waals surface area (Å²) in [6, 6.07) is 5.11. The van der Waals surface area contributed by atoms with E-state index < -0.39 is 12.4 Å². The van der Waals surface area contributed by atoms with Gasteiger partial charge in [-0.1, -0.05) is 25.0 Å². The molecule has 0 saturated heterocycles. The molecule has 16 heavy (non-hydrogen) atoms. The minimum atomic E-state index is -4.92. The van der Waals surface area contributed by atoms with Crippen LogP contribution in [0.2, 0.25) is 0 Å². The molecule has 0 aromatic heterocycles. The topological polar surface area (TPSA) is 9.23 Å². The van der Waals surface area contributed by atoms with Gasteiger partial charge >= 0.3 is 6.98 Å². The summed E-state index contributed by atoms with van der Waals surface area (Å²) in [5.74, 6) is 1.05. The maximum absolute atomic E-state index is 12.4. The molecular formula is C11H13BF3O-. The van der Waals surface area contributed by atoms with E-state index in [1.54, 1.807) is 6.07 Å². The Morgan fingerprint density at radius 2 is 2.00 bits per heavy atom. The Hall–Kier alpha value is -1.13. The van der Waals surface area contributed by atoms with Gasteiger partial charge in [0.2, 0.25) is 0 Å². The zero-order valence-corrected chi connectivity index (χ0v) is 8.83. The van der Waals surface area contributed by atoms with Gasteiger partial charge in [-0.3, -0.25) is 0 Å². The fraction of sp³-hybridized carbons (Fsp3) is 0.455. The van der Waals surface area contributed by atoms with E-state index in [0.717, 1.165) is 24.5 Å². The average molecular weight is 229 g/mol. The summed E-state index contributed by atoms with van der Waals surface area (Å²) in [6.07, 6.45) is 3.41. The molecule has 0 heterocycles. The molecule has 0 aliphatic heterocycles. The van der Waals surface area contributed by atoms with Crippen LogP contribution in [0.5, 0.6) is 5.75 Å². The van der Waals surface area contributed by atoms with Crippen molar-refractivity contribution in [3.05, 3.63) is 24.3 Å². The fourth-order valence-electron chi connectivity index (χ4n) is 1.56. The van der Waals surface area contributed by atoms with Gasteiger partial charge in [0.1, 0.15) is 5.75 Å². The molecule has 0 radical (unpaired) electrons. The Morgan fingerprint density at radius 3 is 2.62 bits per heavy atom. The lowest BCUT2D eigenvalue weighted by molar-refractivity contribution is 0.302. The van der Waals surface area contributed by atoms with E-state index in [9.17, 15) is 12.9 Å². The monoisotopic (exact) mass is 229 g/mol. The van der Waals surface area contributed by atoms with Crippen LogP contribution in [0.3, 0.4) is 0 Å². The van der Waals surface area contributed by atoms with E-state index >= 15 is 0 Å². The molecule has 1 fully saturated rings. The first kappa shape index (κ1) is 11.4. The summed E-state index contributed by atoms with van der Waals surface area (Å²) in [5, 5.41) is 0. The quantitative estimate of drug-likeness (QED) is 0.705. The largest absolute Gasteiger partial charge is 0.509 e. The first-order chi connectivity index (χ1) is 7.55. The van der Waals surface area contributed by atoms with E-state index in [4.69, 9.17) is 4.74 Å². The van der Waals surface area contributed by atoms with Gasteiger partial charge in [0.15, 0.2) is 0 Å². The molecule has 1 saturated carbocycles. The first-order valence-corrected chi connectivity index (χ1v) is 5.48. The van der Waals surface area contributed by atoms with Gasteiger partial charge in [-0.05, 0) is 24.5 Å². The van der Waals surface area contributed by atoms with Gasteiger partial charge < -0.3 is 17.7 Å². The number of halogens is 3. The Labute approximate surface area is 92.7 Å². The van der Waals surface area contributed by atoms with E-state index in [2.05, 4.69) is 0 Å². The molecule has 1 aliphatic rings. The molecule has 0 atom stereocenters.